The van der Waals surface area contributed by atoms with E-state index in [0.717, 1.165) is 4.90 Å². The van der Waals surface area contributed by atoms with Gasteiger partial charge in [-0.1, -0.05) is 6.07 Å². The topological polar surface area (TPSA) is 118 Å². The summed E-state index contributed by atoms with van der Waals surface area (Å²) in [6.07, 6.45) is -0.149. The number of primary sulfonamides is 1. The molecule has 0 radical (unpaired) electrons. The average molecular weight is 436 g/mol. The number of sulfonamides is 1. The van der Waals surface area contributed by atoms with E-state index in [2.05, 4.69) is 0 Å². The molecule has 154 valence electrons. The van der Waals surface area contributed by atoms with E-state index in [1.54, 1.807) is 38.3 Å². The van der Waals surface area contributed by atoms with E-state index in [9.17, 15) is 22.8 Å². The Hall–Kier alpha value is -2.56. The molecule has 1 aromatic heterocycles. The number of thiophene rings is 1. The molecular formula is C19H21N3O5S2. The molecule has 0 bridgehead atoms. The number of benzene rings is 1. The van der Waals surface area contributed by atoms with Gasteiger partial charge in [0, 0.05) is 5.54 Å². The lowest BCUT2D eigenvalue weighted by atomic mass is 10.0. The third kappa shape index (κ3) is 4.09. The highest BCUT2D eigenvalue weighted by Gasteiger charge is 2.47. The highest BCUT2D eigenvalue weighted by atomic mass is 32.2. The first-order valence-electron chi connectivity index (χ1n) is 8.78. The van der Waals surface area contributed by atoms with Gasteiger partial charge < -0.3 is 4.90 Å². The third-order valence-electron chi connectivity index (χ3n) is 4.53. The second kappa shape index (κ2) is 7.36. The quantitative estimate of drug-likeness (QED) is 0.737. The summed E-state index contributed by atoms with van der Waals surface area (Å²) >= 11 is 1.27. The number of carbonyl (C=O) groups is 3. The Bertz CT molecular complexity index is 1050. The molecule has 0 spiro atoms. The Morgan fingerprint density at radius 2 is 1.79 bits per heavy atom. The van der Waals surface area contributed by atoms with Crippen LogP contribution in [0, 0.1) is 0 Å². The summed E-state index contributed by atoms with van der Waals surface area (Å²) in [4.78, 5) is 41.6. The predicted molar refractivity (Wildman–Crippen MR) is 109 cm³/mol. The first kappa shape index (κ1) is 21.2. The molecule has 1 aliphatic heterocycles. The molecule has 1 aliphatic rings. The highest BCUT2D eigenvalue weighted by Crippen LogP contribution is 2.31. The molecule has 3 rings (SSSR count). The number of carbonyl (C=O) groups excluding carboxylic acids is 3. The number of hydrogen-bond acceptors (Lipinski definition) is 6. The van der Waals surface area contributed by atoms with E-state index >= 15 is 0 Å². The summed E-state index contributed by atoms with van der Waals surface area (Å²) in [7, 11) is -3.89. The Balaban J connectivity index is 1.95. The van der Waals surface area contributed by atoms with E-state index < -0.39 is 33.4 Å². The molecule has 1 fully saturated rings. The van der Waals surface area contributed by atoms with E-state index in [4.69, 9.17) is 5.14 Å². The minimum atomic E-state index is -3.89. The average Bonchev–Trinajstić information content (AvgIpc) is 3.22. The lowest BCUT2D eigenvalue weighted by molar-refractivity contribution is -0.123. The van der Waals surface area contributed by atoms with Crippen LogP contribution in [0.5, 0.6) is 0 Å². The summed E-state index contributed by atoms with van der Waals surface area (Å²) in [6, 6.07) is 7.64. The molecule has 0 aliphatic carbocycles. The summed E-state index contributed by atoms with van der Waals surface area (Å²) in [6.45, 7) is 5.42. The molecule has 10 heteroatoms. The molecule has 29 heavy (non-hydrogen) atoms. The van der Waals surface area contributed by atoms with Crippen molar-refractivity contribution in [3.8, 4) is 0 Å². The Morgan fingerprint density at radius 1 is 1.17 bits per heavy atom. The minimum absolute atomic E-state index is 0.124. The van der Waals surface area contributed by atoms with Gasteiger partial charge in [0.05, 0.1) is 21.9 Å². The smallest absolute Gasteiger partial charge is 0.265 e. The molecule has 2 heterocycles. The molecule has 1 atom stereocenters. The molecule has 1 saturated heterocycles. The zero-order valence-corrected chi connectivity index (χ0v) is 17.8. The van der Waals surface area contributed by atoms with Gasteiger partial charge in [-0.25, -0.2) is 18.5 Å². The van der Waals surface area contributed by atoms with Crippen molar-refractivity contribution in [2.75, 3.05) is 4.90 Å². The monoisotopic (exact) mass is 435 g/mol. The molecule has 2 aromatic rings. The van der Waals surface area contributed by atoms with Gasteiger partial charge in [-0.05, 0) is 56.5 Å². The van der Waals surface area contributed by atoms with Crippen LogP contribution in [-0.4, -0.2) is 42.6 Å². The van der Waals surface area contributed by atoms with Crippen molar-refractivity contribution in [1.82, 2.24) is 4.90 Å². The van der Waals surface area contributed by atoms with Gasteiger partial charge in [0.2, 0.25) is 15.9 Å². The van der Waals surface area contributed by atoms with Gasteiger partial charge in [0.15, 0.2) is 0 Å². The Labute approximate surface area is 173 Å². The fourth-order valence-electron chi connectivity index (χ4n) is 3.31. The van der Waals surface area contributed by atoms with Crippen molar-refractivity contribution in [3.05, 3.63) is 46.7 Å². The lowest BCUT2D eigenvalue weighted by Gasteiger charge is -2.38. The molecule has 3 amide bonds. The molecular weight excluding hydrogens is 414 g/mol. The van der Waals surface area contributed by atoms with Crippen molar-refractivity contribution >= 4 is 44.8 Å². The number of amides is 3. The maximum absolute atomic E-state index is 13.1. The zero-order chi connectivity index (χ0) is 21.6. The van der Waals surface area contributed by atoms with Crippen molar-refractivity contribution in [3.63, 3.8) is 0 Å². The first-order chi connectivity index (χ1) is 13.4. The largest absolute Gasteiger partial charge is 0.321 e. The summed E-state index contributed by atoms with van der Waals surface area (Å²) < 4.78 is 22.8. The molecule has 8 nitrogen and oxygen atoms in total. The van der Waals surface area contributed by atoms with E-state index in [-0.39, 0.29) is 22.9 Å². The van der Waals surface area contributed by atoms with Gasteiger partial charge in [0.1, 0.15) is 6.04 Å². The lowest BCUT2D eigenvalue weighted by Crippen LogP contribution is -2.54. The van der Waals surface area contributed by atoms with Gasteiger partial charge in [-0.15, -0.1) is 11.3 Å². The standard InChI is InChI=1S/C19H21N3O5S2/c1-19(2,3)22(18(25)15-5-4-10-28-15)14-11-16(23)21(17(14)24)12-6-8-13(9-7-12)29(20,26)27/h4-10,14H,11H2,1-3H3,(H2,20,26,27). The second-order valence-corrected chi connectivity index (χ2v) is 10.2. The van der Waals surface area contributed by atoms with Gasteiger partial charge in [-0.2, -0.15) is 0 Å². The van der Waals surface area contributed by atoms with Crippen molar-refractivity contribution in [1.29, 1.82) is 0 Å². The Morgan fingerprint density at radius 3 is 2.28 bits per heavy atom. The molecule has 2 N–H and O–H groups in total. The van der Waals surface area contributed by atoms with Crippen LogP contribution in [0.3, 0.4) is 0 Å². The van der Waals surface area contributed by atoms with Crippen LogP contribution >= 0.6 is 11.3 Å². The van der Waals surface area contributed by atoms with Crippen LogP contribution in [0.1, 0.15) is 36.9 Å². The first-order valence-corrected chi connectivity index (χ1v) is 11.2. The van der Waals surface area contributed by atoms with E-state index in [0.29, 0.717) is 4.88 Å². The fourth-order valence-corrected chi connectivity index (χ4v) is 4.48. The van der Waals surface area contributed by atoms with Crippen molar-refractivity contribution in [2.24, 2.45) is 5.14 Å². The SMILES string of the molecule is CC(C)(C)N(C(=O)c1cccs1)C1CC(=O)N(c2ccc(S(N)(=O)=O)cc2)C1=O. The molecule has 1 unspecified atom stereocenters. The van der Waals surface area contributed by atoms with Crippen molar-refractivity contribution in [2.45, 2.75) is 43.7 Å². The highest BCUT2D eigenvalue weighted by molar-refractivity contribution is 7.89. The summed E-state index contributed by atoms with van der Waals surface area (Å²) in [5.41, 5.74) is -0.470. The van der Waals surface area contributed by atoms with Crippen LogP contribution in [0.4, 0.5) is 5.69 Å². The van der Waals surface area contributed by atoms with Crippen LogP contribution in [0.15, 0.2) is 46.7 Å². The molecule has 1 aromatic carbocycles. The van der Waals surface area contributed by atoms with Crippen molar-refractivity contribution < 1.29 is 22.8 Å². The number of anilines is 1. The number of rotatable bonds is 4. The Kier molecular flexibility index (Phi) is 5.37. The van der Waals surface area contributed by atoms with Crippen LogP contribution < -0.4 is 10.0 Å². The maximum Gasteiger partial charge on any atom is 0.265 e. The number of nitrogens with zero attached hydrogens (tertiary/aromatic N) is 2. The van der Waals surface area contributed by atoms with Gasteiger partial charge >= 0.3 is 0 Å². The third-order valence-corrected chi connectivity index (χ3v) is 6.32. The van der Waals surface area contributed by atoms with E-state index in [1.165, 1.54) is 40.5 Å². The maximum atomic E-state index is 13.1. The second-order valence-electron chi connectivity index (χ2n) is 7.65. The number of imide groups is 1. The number of hydrogen-bond donors (Lipinski definition) is 1. The van der Waals surface area contributed by atoms with E-state index in [1.807, 2.05) is 0 Å². The van der Waals surface area contributed by atoms with Gasteiger partial charge in [-0.3, -0.25) is 14.4 Å². The zero-order valence-electron chi connectivity index (χ0n) is 16.2. The summed E-state index contributed by atoms with van der Waals surface area (Å²) in [5.74, 6) is -1.31. The summed E-state index contributed by atoms with van der Waals surface area (Å²) in [5, 5.41) is 6.86. The minimum Gasteiger partial charge on any atom is -0.321 e. The fraction of sp³-hybridized carbons (Fsp3) is 0.316. The van der Waals surface area contributed by atoms with Crippen LogP contribution in [-0.2, 0) is 19.6 Å². The van der Waals surface area contributed by atoms with Gasteiger partial charge in [0.25, 0.3) is 11.8 Å². The predicted octanol–water partition coefficient (Wildman–Crippen LogP) is 1.97. The number of nitrogens with two attached hydrogens (primary N) is 1. The normalized spacial score (nSPS) is 17.7. The molecule has 0 saturated carbocycles. The van der Waals surface area contributed by atoms with Crippen LogP contribution in [0.25, 0.3) is 0 Å². The van der Waals surface area contributed by atoms with Crippen LogP contribution in [0.2, 0.25) is 0 Å².